The minimum Gasteiger partial charge on any atom is -0.478 e. The molecule has 2 amide bonds. The number of amides is 2. The quantitative estimate of drug-likeness (QED) is 0.895. The molecular weight excluding hydrogens is 280 g/mol. The minimum atomic E-state index is -1.09. The molecule has 1 aliphatic carbocycles. The molecule has 108 valence electrons. The second-order valence-electron chi connectivity index (χ2n) is 5.12. The van der Waals surface area contributed by atoms with Crippen molar-refractivity contribution < 1.29 is 14.7 Å². The summed E-state index contributed by atoms with van der Waals surface area (Å²) in [6.45, 7) is 2.03. The van der Waals surface area contributed by atoms with Gasteiger partial charge in [-0.25, -0.2) is 9.59 Å². The molecule has 5 nitrogen and oxygen atoms in total. The van der Waals surface area contributed by atoms with Crippen molar-refractivity contribution >= 4 is 29.3 Å². The van der Waals surface area contributed by atoms with Gasteiger partial charge in [0.1, 0.15) is 0 Å². The van der Waals surface area contributed by atoms with Gasteiger partial charge < -0.3 is 15.3 Å². The number of hydrogen-bond acceptors (Lipinski definition) is 2. The summed E-state index contributed by atoms with van der Waals surface area (Å²) in [5, 5.41) is 11.7. The molecule has 0 heterocycles. The first-order chi connectivity index (χ1) is 9.40. The Morgan fingerprint density at radius 3 is 2.60 bits per heavy atom. The molecule has 1 atom stereocenters. The Morgan fingerprint density at radius 2 is 2.10 bits per heavy atom. The Bertz CT molecular complexity index is 543. The molecule has 2 N–H and O–H groups in total. The molecule has 1 aromatic rings. The maximum Gasteiger partial charge on any atom is 0.337 e. The van der Waals surface area contributed by atoms with Crippen molar-refractivity contribution in [2.24, 2.45) is 5.92 Å². The molecule has 1 saturated carbocycles. The summed E-state index contributed by atoms with van der Waals surface area (Å²) in [7, 11) is 1.76. The Labute approximate surface area is 122 Å². The number of urea groups is 1. The van der Waals surface area contributed by atoms with Gasteiger partial charge in [0.05, 0.1) is 10.6 Å². The summed E-state index contributed by atoms with van der Waals surface area (Å²) in [5.41, 5.74) is 0.504. The van der Waals surface area contributed by atoms with Gasteiger partial charge >= 0.3 is 12.0 Å². The molecule has 0 spiro atoms. The number of carbonyl (C=O) groups excluding carboxylic acids is 1. The van der Waals surface area contributed by atoms with Gasteiger partial charge in [0, 0.05) is 18.8 Å². The number of hydrogen-bond donors (Lipinski definition) is 2. The standard InChI is InChI=1S/C14H17ClN2O3/c1-8(9-3-4-9)17(2)14(20)16-10-5-6-11(13(18)19)12(15)7-10/h5-9H,3-4H2,1-2H3,(H,16,20)(H,18,19). The van der Waals surface area contributed by atoms with E-state index in [1.54, 1.807) is 11.9 Å². The van der Waals surface area contributed by atoms with Crippen molar-refractivity contribution in [3.05, 3.63) is 28.8 Å². The number of aromatic carboxylic acids is 1. The number of anilines is 1. The van der Waals surface area contributed by atoms with Crippen LogP contribution in [0.4, 0.5) is 10.5 Å². The van der Waals surface area contributed by atoms with E-state index in [4.69, 9.17) is 16.7 Å². The average molecular weight is 297 g/mol. The average Bonchev–Trinajstić information content (AvgIpc) is 3.20. The summed E-state index contributed by atoms with van der Waals surface area (Å²) in [4.78, 5) is 24.6. The van der Waals surface area contributed by atoms with Crippen molar-refractivity contribution in [3.8, 4) is 0 Å². The van der Waals surface area contributed by atoms with Crippen LogP contribution in [0.2, 0.25) is 5.02 Å². The van der Waals surface area contributed by atoms with E-state index in [9.17, 15) is 9.59 Å². The summed E-state index contributed by atoms with van der Waals surface area (Å²) in [6.07, 6.45) is 2.33. The number of carboxylic acid groups (broad SMARTS) is 1. The molecule has 1 unspecified atom stereocenters. The first kappa shape index (κ1) is 14.7. The van der Waals surface area contributed by atoms with Gasteiger partial charge in [0.25, 0.3) is 0 Å². The van der Waals surface area contributed by atoms with Crippen LogP contribution in [-0.2, 0) is 0 Å². The lowest BCUT2D eigenvalue weighted by molar-refractivity contribution is 0.0697. The van der Waals surface area contributed by atoms with Crippen LogP contribution in [0.3, 0.4) is 0 Å². The van der Waals surface area contributed by atoms with Crippen LogP contribution in [-0.4, -0.2) is 35.1 Å². The highest BCUT2D eigenvalue weighted by molar-refractivity contribution is 6.33. The number of nitrogens with one attached hydrogen (secondary N) is 1. The number of carbonyl (C=O) groups is 2. The van der Waals surface area contributed by atoms with Crippen LogP contribution >= 0.6 is 11.6 Å². The van der Waals surface area contributed by atoms with E-state index in [1.807, 2.05) is 6.92 Å². The highest BCUT2D eigenvalue weighted by Crippen LogP contribution is 2.34. The molecule has 0 aromatic heterocycles. The Balaban J connectivity index is 2.04. The number of benzene rings is 1. The molecule has 0 radical (unpaired) electrons. The van der Waals surface area contributed by atoms with Gasteiger partial charge in [-0.3, -0.25) is 0 Å². The third-order valence-corrected chi connectivity index (χ3v) is 4.00. The van der Waals surface area contributed by atoms with Crippen molar-refractivity contribution in [3.63, 3.8) is 0 Å². The van der Waals surface area contributed by atoms with Gasteiger partial charge in [-0.15, -0.1) is 0 Å². The number of nitrogens with zero attached hydrogens (tertiary/aromatic N) is 1. The molecule has 2 rings (SSSR count). The predicted octanol–water partition coefficient (Wildman–Crippen LogP) is 3.30. The second-order valence-corrected chi connectivity index (χ2v) is 5.53. The van der Waals surface area contributed by atoms with E-state index in [1.165, 1.54) is 18.2 Å². The number of halogens is 1. The van der Waals surface area contributed by atoms with Gasteiger partial charge in [-0.05, 0) is 43.9 Å². The Kier molecular flexibility index (Phi) is 4.18. The van der Waals surface area contributed by atoms with Crippen molar-refractivity contribution in [1.29, 1.82) is 0 Å². The summed E-state index contributed by atoms with van der Waals surface area (Å²) >= 11 is 5.86. The van der Waals surface area contributed by atoms with Gasteiger partial charge in [-0.2, -0.15) is 0 Å². The van der Waals surface area contributed by atoms with Crippen LogP contribution < -0.4 is 5.32 Å². The lowest BCUT2D eigenvalue weighted by Crippen LogP contribution is -2.39. The van der Waals surface area contributed by atoms with Crippen LogP contribution in [0.5, 0.6) is 0 Å². The molecule has 6 heteroatoms. The zero-order valence-electron chi connectivity index (χ0n) is 11.4. The molecule has 20 heavy (non-hydrogen) atoms. The molecule has 1 aliphatic rings. The molecule has 1 fully saturated rings. The Morgan fingerprint density at radius 1 is 1.45 bits per heavy atom. The van der Waals surface area contributed by atoms with E-state index >= 15 is 0 Å². The van der Waals surface area contributed by atoms with E-state index in [2.05, 4.69) is 5.32 Å². The van der Waals surface area contributed by atoms with Gasteiger partial charge in [0.2, 0.25) is 0 Å². The zero-order chi connectivity index (χ0) is 14.9. The molecule has 0 bridgehead atoms. The predicted molar refractivity (Wildman–Crippen MR) is 77.4 cm³/mol. The monoisotopic (exact) mass is 296 g/mol. The van der Waals surface area contributed by atoms with E-state index in [0.29, 0.717) is 11.6 Å². The zero-order valence-corrected chi connectivity index (χ0v) is 12.1. The first-order valence-corrected chi connectivity index (χ1v) is 6.84. The van der Waals surface area contributed by atoms with Gasteiger partial charge in [-0.1, -0.05) is 11.6 Å². The first-order valence-electron chi connectivity index (χ1n) is 6.47. The highest BCUT2D eigenvalue weighted by atomic mass is 35.5. The smallest absolute Gasteiger partial charge is 0.337 e. The number of rotatable bonds is 4. The van der Waals surface area contributed by atoms with Crippen molar-refractivity contribution in [1.82, 2.24) is 4.90 Å². The van der Waals surface area contributed by atoms with Crippen molar-refractivity contribution in [2.45, 2.75) is 25.8 Å². The molecule has 0 aliphatic heterocycles. The Hall–Kier alpha value is -1.75. The van der Waals surface area contributed by atoms with Crippen LogP contribution in [0, 0.1) is 5.92 Å². The molecular formula is C14H17ClN2O3. The van der Waals surface area contributed by atoms with Crippen LogP contribution in [0.1, 0.15) is 30.1 Å². The number of carboxylic acids is 1. The SMILES string of the molecule is CC(C1CC1)N(C)C(=O)Nc1ccc(C(=O)O)c(Cl)c1. The summed E-state index contributed by atoms with van der Waals surface area (Å²) < 4.78 is 0. The fraction of sp³-hybridized carbons (Fsp3) is 0.429. The molecule has 1 aromatic carbocycles. The molecule has 0 saturated heterocycles. The topological polar surface area (TPSA) is 69.6 Å². The normalized spacial score (nSPS) is 15.6. The van der Waals surface area contributed by atoms with E-state index < -0.39 is 5.97 Å². The minimum absolute atomic E-state index is 0.0179. The van der Waals surface area contributed by atoms with Crippen molar-refractivity contribution in [2.75, 3.05) is 12.4 Å². The van der Waals surface area contributed by atoms with E-state index in [-0.39, 0.29) is 22.7 Å². The van der Waals surface area contributed by atoms with Gasteiger partial charge in [0.15, 0.2) is 0 Å². The van der Waals surface area contributed by atoms with Crippen LogP contribution in [0.15, 0.2) is 18.2 Å². The maximum absolute atomic E-state index is 12.1. The maximum atomic E-state index is 12.1. The fourth-order valence-corrected chi connectivity index (χ4v) is 2.32. The summed E-state index contributed by atoms with van der Waals surface area (Å²) in [6, 6.07) is 4.33. The lowest BCUT2D eigenvalue weighted by atomic mass is 10.2. The second kappa shape index (κ2) is 5.71. The van der Waals surface area contributed by atoms with Crippen LogP contribution in [0.25, 0.3) is 0 Å². The fourth-order valence-electron chi connectivity index (χ4n) is 2.06. The largest absolute Gasteiger partial charge is 0.478 e. The third-order valence-electron chi connectivity index (χ3n) is 3.69. The summed E-state index contributed by atoms with van der Waals surface area (Å²) in [5.74, 6) is -0.504. The third kappa shape index (κ3) is 3.22. The lowest BCUT2D eigenvalue weighted by Gasteiger charge is -2.25. The van der Waals surface area contributed by atoms with E-state index in [0.717, 1.165) is 12.8 Å². The highest BCUT2D eigenvalue weighted by Gasteiger charge is 2.32.